The van der Waals surface area contributed by atoms with Gasteiger partial charge in [-0.15, -0.1) is 0 Å². The Kier molecular flexibility index (Phi) is 6.89. The second-order valence-corrected chi connectivity index (χ2v) is 6.54. The predicted octanol–water partition coefficient (Wildman–Crippen LogP) is 3.20. The molecule has 1 N–H and O–H groups in total. The summed E-state index contributed by atoms with van der Waals surface area (Å²) in [6.07, 6.45) is 2.93. The maximum Gasteiger partial charge on any atom is 0.344 e. The fraction of sp³-hybridized carbons (Fsp3) is 0.364. The fourth-order valence-electron chi connectivity index (χ4n) is 3.31. The number of rotatable bonds is 8. The number of ether oxygens (including phenoxy) is 3. The predicted molar refractivity (Wildman–Crippen MR) is 104 cm³/mol. The molecular formula is C22H25NO5. The molecule has 6 nitrogen and oxygen atoms in total. The monoisotopic (exact) mass is 383 g/mol. The van der Waals surface area contributed by atoms with Crippen molar-refractivity contribution in [2.24, 2.45) is 0 Å². The molecule has 0 bridgehead atoms. The Balaban J connectivity index is 1.45. The third kappa shape index (κ3) is 5.25. The van der Waals surface area contributed by atoms with Gasteiger partial charge in [-0.2, -0.15) is 0 Å². The molecule has 0 aromatic heterocycles. The van der Waals surface area contributed by atoms with E-state index in [2.05, 4.69) is 11.4 Å². The van der Waals surface area contributed by atoms with Crippen LogP contribution in [0.25, 0.3) is 0 Å². The Hall–Kier alpha value is -3.02. The van der Waals surface area contributed by atoms with Crippen LogP contribution in [0.5, 0.6) is 11.5 Å². The highest BCUT2D eigenvalue weighted by Gasteiger charge is 2.21. The Morgan fingerprint density at radius 1 is 1.00 bits per heavy atom. The number of amides is 1. The van der Waals surface area contributed by atoms with Gasteiger partial charge in [-0.3, -0.25) is 4.79 Å². The minimum absolute atomic E-state index is 0.0366. The molecule has 0 radical (unpaired) electrons. The summed E-state index contributed by atoms with van der Waals surface area (Å²) in [7, 11) is 0. The van der Waals surface area contributed by atoms with Crippen molar-refractivity contribution in [2.75, 3.05) is 19.8 Å². The molecule has 1 atom stereocenters. The summed E-state index contributed by atoms with van der Waals surface area (Å²) in [6.45, 7) is 1.75. The number of hydrogen-bond donors (Lipinski definition) is 1. The van der Waals surface area contributed by atoms with Gasteiger partial charge in [0, 0.05) is 0 Å². The molecule has 0 unspecified atom stereocenters. The summed E-state index contributed by atoms with van der Waals surface area (Å²) in [5, 5.41) is 2.95. The average Bonchev–Trinajstić information content (AvgIpc) is 2.72. The van der Waals surface area contributed by atoms with Crippen molar-refractivity contribution in [1.82, 2.24) is 5.32 Å². The largest absolute Gasteiger partial charge is 0.490 e. The third-order valence-electron chi connectivity index (χ3n) is 4.56. The molecule has 0 fully saturated rings. The molecule has 1 amide bonds. The van der Waals surface area contributed by atoms with Crippen LogP contribution in [0.3, 0.4) is 0 Å². The van der Waals surface area contributed by atoms with Crippen molar-refractivity contribution in [2.45, 2.75) is 32.2 Å². The smallest absolute Gasteiger partial charge is 0.344 e. The highest BCUT2D eigenvalue weighted by atomic mass is 16.6. The molecule has 0 heterocycles. The lowest BCUT2D eigenvalue weighted by molar-refractivity contribution is -0.150. The van der Waals surface area contributed by atoms with Crippen molar-refractivity contribution in [3.05, 3.63) is 59.7 Å². The van der Waals surface area contributed by atoms with Gasteiger partial charge >= 0.3 is 5.97 Å². The molecule has 0 saturated carbocycles. The van der Waals surface area contributed by atoms with Crippen LogP contribution in [0.1, 0.15) is 36.9 Å². The summed E-state index contributed by atoms with van der Waals surface area (Å²) in [4.78, 5) is 24.1. The molecule has 0 spiro atoms. The van der Waals surface area contributed by atoms with E-state index in [4.69, 9.17) is 14.2 Å². The van der Waals surface area contributed by atoms with E-state index in [9.17, 15) is 9.59 Å². The van der Waals surface area contributed by atoms with Gasteiger partial charge < -0.3 is 19.5 Å². The number of carbonyl (C=O) groups is 2. The van der Waals surface area contributed by atoms with Crippen LogP contribution < -0.4 is 14.8 Å². The van der Waals surface area contributed by atoms with Gasteiger partial charge in [0.2, 0.25) is 0 Å². The van der Waals surface area contributed by atoms with Crippen LogP contribution in [-0.4, -0.2) is 31.7 Å². The van der Waals surface area contributed by atoms with Crippen molar-refractivity contribution in [1.29, 1.82) is 0 Å². The molecule has 0 saturated heterocycles. The fourth-order valence-corrected chi connectivity index (χ4v) is 3.31. The maximum atomic E-state index is 12.2. The van der Waals surface area contributed by atoms with Gasteiger partial charge in [-0.1, -0.05) is 36.4 Å². The number of benzene rings is 2. The minimum Gasteiger partial charge on any atom is -0.490 e. The van der Waals surface area contributed by atoms with E-state index in [1.807, 2.05) is 31.2 Å². The van der Waals surface area contributed by atoms with Crippen molar-refractivity contribution < 1.29 is 23.8 Å². The number of fused-ring (bicyclic) bond motifs is 1. The van der Waals surface area contributed by atoms with Gasteiger partial charge in [-0.25, -0.2) is 4.79 Å². The highest BCUT2D eigenvalue weighted by Crippen LogP contribution is 2.29. The Bertz CT molecular complexity index is 820. The molecule has 6 heteroatoms. The zero-order valence-electron chi connectivity index (χ0n) is 16.0. The second-order valence-electron chi connectivity index (χ2n) is 6.54. The van der Waals surface area contributed by atoms with E-state index in [-0.39, 0.29) is 25.2 Å². The lowest BCUT2D eigenvalue weighted by Crippen LogP contribution is -2.34. The summed E-state index contributed by atoms with van der Waals surface area (Å²) in [5.41, 5.74) is 2.40. The van der Waals surface area contributed by atoms with Crippen molar-refractivity contribution in [3.8, 4) is 11.5 Å². The average molecular weight is 383 g/mol. The van der Waals surface area contributed by atoms with Crippen LogP contribution >= 0.6 is 0 Å². The standard InChI is InChI=1S/C22H25NO5/c1-2-26-19-12-5-6-13-20(19)27-15-22(25)28-14-21(24)23-18-11-7-9-16-8-3-4-10-17(16)18/h3-6,8,10,12-13,18H,2,7,9,11,14-15H2,1H3,(H,23,24)/t18-/m0/s1. The summed E-state index contributed by atoms with van der Waals surface area (Å²) in [6, 6.07) is 15.2. The number of aryl methyl sites for hydroxylation is 1. The van der Waals surface area contributed by atoms with E-state index in [1.165, 1.54) is 5.56 Å². The van der Waals surface area contributed by atoms with Crippen LogP contribution in [0.4, 0.5) is 0 Å². The summed E-state index contributed by atoms with van der Waals surface area (Å²) < 4.78 is 15.9. The van der Waals surface area contributed by atoms with Crippen molar-refractivity contribution >= 4 is 11.9 Å². The number of para-hydroxylation sites is 2. The third-order valence-corrected chi connectivity index (χ3v) is 4.56. The van der Waals surface area contributed by atoms with Gasteiger partial charge in [-0.05, 0) is 49.4 Å². The second kappa shape index (κ2) is 9.78. The molecule has 2 aromatic rings. The van der Waals surface area contributed by atoms with E-state index in [0.717, 1.165) is 24.8 Å². The van der Waals surface area contributed by atoms with E-state index < -0.39 is 5.97 Å². The molecular weight excluding hydrogens is 358 g/mol. The van der Waals surface area contributed by atoms with E-state index in [0.29, 0.717) is 18.1 Å². The molecule has 28 heavy (non-hydrogen) atoms. The first-order valence-corrected chi connectivity index (χ1v) is 9.54. The first-order chi connectivity index (χ1) is 13.7. The quantitative estimate of drug-likeness (QED) is 0.709. The Morgan fingerprint density at radius 3 is 2.50 bits per heavy atom. The van der Waals surface area contributed by atoms with Crippen LogP contribution in [0, 0.1) is 0 Å². The first kappa shape index (κ1) is 19.7. The van der Waals surface area contributed by atoms with E-state index >= 15 is 0 Å². The van der Waals surface area contributed by atoms with E-state index in [1.54, 1.807) is 18.2 Å². The van der Waals surface area contributed by atoms with Gasteiger partial charge in [0.15, 0.2) is 24.7 Å². The lowest BCUT2D eigenvalue weighted by atomic mass is 9.88. The topological polar surface area (TPSA) is 73.9 Å². The SMILES string of the molecule is CCOc1ccccc1OCC(=O)OCC(=O)N[C@H]1CCCc2ccccc21. The van der Waals surface area contributed by atoms with Crippen LogP contribution in [0.2, 0.25) is 0 Å². The Labute approximate surface area is 164 Å². The zero-order valence-corrected chi connectivity index (χ0v) is 16.0. The zero-order chi connectivity index (χ0) is 19.8. The molecule has 148 valence electrons. The Morgan fingerprint density at radius 2 is 1.71 bits per heavy atom. The normalized spacial score (nSPS) is 15.2. The minimum atomic E-state index is -0.606. The molecule has 1 aliphatic rings. The van der Waals surface area contributed by atoms with Gasteiger partial charge in [0.1, 0.15) is 0 Å². The molecule has 1 aliphatic carbocycles. The lowest BCUT2D eigenvalue weighted by Gasteiger charge is -2.26. The van der Waals surface area contributed by atoms with Crippen molar-refractivity contribution in [3.63, 3.8) is 0 Å². The number of nitrogens with one attached hydrogen (secondary N) is 1. The summed E-state index contributed by atoms with van der Waals surface area (Å²) in [5.74, 6) is 0.103. The summed E-state index contributed by atoms with van der Waals surface area (Å²) >= 11 is 0. The number of carbonyl (C=O) groups excluding carboxylic acids is 2. The van der Waals surface area contributed by atoms with Crippen LogP contribution in [-0.2, 0) is 20.7 Å². The first-order valence-electron chi connectivity index (χ1n) is 9.54. The molecule has 2 aromatic carbocycles. The maximum absolute atomic E-state index is 12.2. The highest BCUT2D eigenvalue weighted by molar-refractivity contribution is 5.81. The van der Waals surface area contributed by atoms with Gasteiger partial charge in [0.25, 0.3) is 5.91 Å². The van der Waals surface area contributed by atoms with Gasteiger partial charge in [0.05, 0.1) is 12.6 Å². The van der Waals surface area contributed by atoms with Crippen LogP contribution in [0.15, 0.2) is 48.5 Å². The number of esters is 1. The molecule has 3 rings (SSSR count). The molecule has 0 aliphatic heterocycles. The number of hydrogen-bond acceptors (Lipinski definition) is 5.